The van der Waals surface area contributed by atoms with Crippen LogP contribution in [0.3, 0.4) is 0 Å². The van der Waals surface area contributed by atoms with Crippen molar-refractivity contribution in [2.75, 3.05) is 17.7 Å². The molecule has 0 spiro atoms. The van der Waals surface area contributed by atoms with E-state index in [4.69, 9.17) is 4.74 Å². The van der Waals surface area contributed by atoms with Crippen LogP contribution in [0.25, 0.3) is 0 Å². The van der Waals surface area contributed by atoms with E-state index in [1.165, 1.54) is 7.11 Å². The zero-order valence-corrected chi connectivity index (χ0v) is 16.1. The van der Waals surface area contributed by atoms with Gasteiger partial charge in [0, 0.05) is 16.8 Å². The Balaban J connectivity index is 1.83. The fraction of sp³-hybridized carbons (Fsp3) is 0.130. The Hall–Kier alpha value is -3.60. The van der Waals surface area contributed by atoms with Crippen LogP contribution in [0, 0.1) is 13.8 Å². The highest BCUT2D eigenvalue weighted by Crippen LogP contribution is 2.29. The van der Waals surface area contributed by atoms with Crippen LogP contribution < -0.4 is 15.4 Å². The maximum Gasteiger partial charge on any atom is 0.255 e. The molecular formula is C23H22N2O3. The lowest BCUT2D eigenvalue weighted by atomic mass is 10.1. The van der Waals surface area contributed by atoms with Crippen LogP contribution in [0.1, 0.15) is 31.8 Å². The molecular weight excluding hydrogens is 352 g/mol. The Bertz CT molecular complexity index is 1030. The number of carbonyl (C=O) groups is 2. The van der Waals surface area contributed by atoms with E-state index in [-0.39, 0.29) is 11.8 Å². The molecule has 2 N–H and O–H groups in total. The van der Waals surface area contributed by atoms with E-state index in [1.54, 1.807) is 30.3 Å². The first-order chi connectivity index (χ1) is 13.5. The number of benzene rings is 3. The number of aryl methyl sites for hydroxylation is 2. The maximum atomic E-state index is 12.6. The molecule has 2 amide bonds. The van der Waals surface area contributed by atoms with Crippen LogP contribution in [0.2, 0.25) is 0 Å². The molecule has 0 aliphatic rings. The van der Waals surface area contributed by atoms with Gasteiger partial charge in [0.25, 0.3) is 11.8 Å². The molecule has 3 aromatic carbocycles. The Labute approximate surface area is 164 Å². The maximum absolute atomic E-state index is 12.6. The summed E-state index contributed by atoms with van der Waals surface area (Å²) < 4.78 is 5.34. The Kier molecular flexibility index (Phi) is 5.75. The highest BCUT2D eigenvalue weighted by Gasteiger charge is 2.13. The van der Waals surface area contributed by atoms with Gasteiger partial charge in [-0.15, -0.1) is 0 Å². The van der Waals surface area contributed by atoms with Crippen molar-refractivity contribution in [3.8, 4) is 5.75 Å². The van der Waals surface area contributed by atoms with E-state index < -0.39 is 0 Å². The SMILES string of the molecule is COc1ccc(NC(=O)c2ccccc2C)cc1NC(=O)c1cccc(C)c1. The molecule has 0 unspecified atom stereocenters. The van der Waals surface area contributed by atoms with Crippen LogP contribution in [-0.2, 0) is 0 Å². The van der Waals surface area contributed by atoms with Gasteiger partial charge >= 0.3 is 0 Å². The predicted molar refractivity (Wildman–Crippen MR) is 111 cm³/mol. The first-order valence-corrected chi connectivity index (χ1v) is 8.91. The molecule has 0 heterocycles. The molecule has 142 valence electrons. The van der Waals surface area contributed by atoms with Gasteiger partial charge in [-0.05, 0) is 55.8 Å². The van der Waals surface area contributed by atoms with E-state index in [2.05, 4.69) is 10.6 Å². The molecule has 0 saturated carbocycles. The summed E-state index contributed by atoms with van der Waals surface area (Å²) in [6.45, 7) is 3.82. The molecule has 0 bridgehead atoms. The van der Waals surface area contributed by atoms with Gasteiger partial charge in [0.15, 0.2) is 0 Å². The summed E-state index contributed by atoms with van der Waals surface area (Å²) in [5, 5.41) is 5.72. The first-order valence-electron chi connectivity index (χ1n) is 8.91. The summed E-state index contributed by atoms with van der Waals surface area (Å²) >= 11 is 0. The van der Waals surface area contributed by atoms with Gasteiger partial charge in [-0.1, -0.05) is 35.9 Å². The molecule has 3 aromatic rings. The molecule has 0 fully saturated rings. The van der Waals surface area contributed by atoms with Crippen molar-refractivity contribution in [1.29, 1.82) is 0 Å². The normalized spacial score (nSPS) is 10.2. The number of anilines is 2. The Morgan fingerprint density at radius 2 is 1.61 bits per heavy atom. The fourth-order valence-corrected chi connectivity index (χ4v) is 2.89. The first kappa shape index (κ1) is 19.2. The van der Waals surface area contributed by atoms with E-state index in [0.29, 0.717) is 28.3 Å². The van der Waals surface area contributed by atoms with E-state index >= 15 is 0 Å². The second-order valence-electron chi connectivity index (χ2n) is 6.51. The predicted octanol–water partition coefficient (Wildman–Crippen LogP) is 4.82. The van der Waals surface area contributed by atoms with Crippen LogP contribution in [-0.4, -0.2) is 18.9 Å². The highest BCUT2D eigenvalue weighted by atomic mass is 16.5. The summed E-state index contributed by atoms with van der Waals surface area (Å²) in [6.07, 6.45) is 0. The molecule has 0 aliphatic carbocycles. The highest BCUT2D eigenvalue weighted by molar-refractivity contribution is 6.07. The van der Waals surface area contributed by atoms with Crippen molar-refractivity contribution in [3.63, 3.8) is 0 Å². The minimum Gasteiger partial charge on any atom is -0.495 e. The largest absolute Gasteiger partial charge is 0.495 e. The minimum atomic E-state index is -0.246. The number of ether oxygens (including phenoxy) is 1. The lowest BCUT2D eigenvalue weighted by molar-refractivity contribution is 0.101. The molecule has 28 heavy (non-hydrogen) atoms. The van der Waals surface area contributed by atoms with Crippen LogP contribution in [0.5, 0.6) is 5.75 Å². The third-order valence-electron chi connectivity index (χ3n) is 4.38. The quantitative estimate of drug-likeness (QED) is 0.673. The molecule has 0 radical (unpaired) electrons. The van der Waals surface area contributed by atoms with Gasteiger partial charge in [0.05, 0.1) is 12.8 Å². The van der Waals surface area contributed by atoms with Crippen molar-refractivity contribution in [3.05, 3.63) is 89.0 Å². The number of hydrogen-bond acceptors (Lipinski definition) is 3. The van der Waals surface area contributed by atoms with Crippen molar-refractivity contribution >= 4 is 23.2 Å². The zero-order valence-electron chi connectivity index (χ0n) is 16.1. The topological polar surface area (TPSA) is 67.4 Å². The summed E-state index contributed by atoms with van der Waals surface area (Å²) in [5.74, 6) is 0.0542. The minimum absolute atomic E-state index is 0.209. The zero-order chi connectivity index (χ0) is 20.1. The summed E-state index contributed by atoms with van der Waals surface area (Å²) in [5.41, 5.74) is 4.09. The van der Waals surface area contributed by atoms with Gasteiger partial charge in [0.1, 0.15) is 5.75 Å². The molecule has 0 saturated heterocycles. The third-order valence-corrected chi connectivity index (χ3v) is 4.38. The fourth-order valence-electron chi connectivity index (χ4n) is 2.89. The second kappa shape index (κ2) is 8.39. The van der Waals surface area contributed by atoms with E-state index in [0.717, 1.165) is 11.1 Å². The van der Waals surface area contributed by atoms with E-state index in [9.17, 15) is 9.59 Å². The van der Waals surface area contributed by atoms with Crippen molar-refractivity contribution in [2.45, 2.75) is 13.8 Å². The number of carbonyl (C=O) groups excluding carboxylic acids is 2. The van der Waals surface area contributed by atoms with Crippen LogP contribution in [0.4, 0.5) is 11.4 Å². The summed E-state index contributed by atoms with van der Waals surface area (Å²) in [4.78, 5) is 25.1. The number of amides is 2. The summed E-state index contributed by atoms with van der Waals surface area (Å²) in [7, 11) is 1.53. The molecule has 5 heteroatoms. The van der Waals surface area contributed by atoms with Gasteiger partial charge < -0.3 is 15.4 Å². The van der Waals surface area contributed by atoms with Gasteiger partial charge in [-0.25, -0.2) is 0 Å². The van der Waals surface area contributed by atoms with Crippen molar-refractivity contribution in [1.82, 2.24) is 0 Å². The Morgan fingerprint density at radius 3 is 2.32 bits per heavy atom. The monoisotopic (exact) mass is 374 g/mol. The van der Waals surface area contributed by atoms with Gasteiger partial charge in [-0.3, -0.25) is 9.59 Å². The molecule has 0 atom stereocenters. The van der Waals surface area contributed by atoms with Crippen molar-refractivity contribution < 1.29 is 14.3 Å². The molecule has 0 aromatic heterocycles. The second-order valence-corrected chi connectivity index (χ2v) is 6.51. The van der Waals surface area contributed by atoms with Crippen LogP contribution >= 0.6 is 0 Å². The smallest absolute Gasteiger partial charge is 0.255 e. The van der Waals surface area contributed by atoms with Gasteiger partial charge in [0.2, 0.25) is 0 Å². The number of methoxy groups -OCH3 is 1. The third kappa shape index (κ3) is 4.38. The Morgan fingerprint density at radius 1 is 0.821 bits per heavy atom. The number of rotatable bonds is 5. The van der Waals surface area contributed by atoms with Crippen molar-refractivity contribution in [2.24, 2.45) is 0 Å². The standard InChI is InChI=1S/C23H22N2O3/c1-15-7-6-9-17(13-15)22(26)25-20-14-18(11-12-21(20)28-3)24-23(27)19-10-5-4-8-16(19)2/h4-14H,1-3H3,(H,24,27)(H,25,26). The lowest BCUT2D eigenvalue weighted by Crippen LogP contribution is -2.15. The lowest BCUT2D eigenvalue weighted by Gasteiger charge is -2.13. The van der Waals surface area contributed by atoms with Gasteiger partial charge in [-0.2, -0.15) is 0 Å². The molecule has 3 rings (SSSR count). The number of hydrogen-bond donors (Lipinski definition) is 2. The molecule has 0 aliphatic heterocycles. The average Bonchev–Trinajstić information content (AvgIpc) is 2.68. The summed E-state index contributed by atoms with van der Waals surface area (Å²) in [6, 6.07) is 19.8. The number of nitrogens with one attached hydrogen (secondary N) is 2. The average molecular weight is 374 g/mol. The van der Waals surface area contributed by atoms with E-state index in [1.807, 2.05) is 50.2 Å². The molecule has 5 nitrogen and oxygen atoms in total. The van der Waals surface area contributed by atoms with Crippen LogP contribution in [0.15, 0.2) is 66.7 Å².